The van der Waals surface area contributed by atoms with Gasteiger partial charge in [-0.2, -0.15) is 0 Å². The Balaban J connectivity index is 1.43. The normalized spacial score (nSPS) is 36.9. The molecule has 4 rings (SSSR count). The number of hydrogen-bond donors (Lipinski definition) is 0. The van der Waals surface area contributed by atoms with Gasteiger partial charge in [0.15, 0.2) is 12.6 Å². The first-order chi connectivity index (χ1) is 15.6. The third kappa shape index (κ3) is 6.80. The largest absolute Gasteiger partial charge is 0.462 e. The molecule has 3 aliphatic heterocycles. The van der Waals surface area contributed by atoms with Crippen LogP contribution in [0.25, 0.3) is 0 Å². The fourth-order valence-corrected chi connectivity index (χ4v) is 5.35. The topological polar surface area (TPSA) is 63.2 Å². The summed E-state index contributed by atoms with van der Waals surface area (Å²) in [6, 6.07) is 0. The summed E-state index contributed by atoms with van der Waals surface area (Å²) < 4.78 is 29.9. The smallest absolute Gasteiger partial charge is 0.306 e. The lowest BCUT2D eigenvalue weighted by Gasteiger charge is -2.29. The van der Waals surface area contributed by atoms with Crippen LogP contribution >= 0.6 is 11.6 Å². The van der Waals surface area contributed by atoms with Crippen molar-refractivity contribution in [1.82, 2.24) is 0 Å². The third-order valence-electron chi connectivity index (χ3n) is 6.90. The van der Waals surface area contributed by atoms with E-state index in [1.807, 2.05) is 13.0 Å². The van der Waals surface area contributed by atoms with Gasteiger partial charge in [-0.25, -0.2) is 0 Å². The molecule has 0 spiro atoms. The molecule has 3 saturated heterocycles. The van der Waals surface area contributed by atoms with Crippen LogP contribution in [0.1, 0.15) is 71.1 Å². The van der Waals surface area contributed by atoms with E-state index in [4.69, 9.17) is 35.3 Å². The Hall–Kier alpha value is -0.920. The third-order valence-corrected chi connectivity index (χ3v) is 7.06. The van der Waals surface area contributed by atoms with Crippen molar-refractivity contribution in [3.63, 3.8) is 0 Å². The minimum Gasteiger partial charge on any atom is -0.462 e. The zero-order valence-electron chi connectivity index (χ0n) is 19.1. The molecule has 0 aromatic rings. The molecule has 4 aliphatic rings. The van der Waals surface area contributed by atoms with E-state index >= 15 is 0 Å². The lowest BCUT2D eigenvalue weighted by atomic mass is 9.91. The molecule has 32 heavy (non-hydrogen) atoms. The van der Waals surface area contributed by atoms with Crippen LogP contribution in [0.15, 0.2) is 23.3 Å². The fourth-order valence-electron chi connectivity index (χ4n) is 5.25. The van der Waals surface area contributed by atoms with Crippen LogP contribution in [0.5, 0.6) is 0 Å². The van der Waals surface area contributed by atoms with Crippen molar-refractivity contribution >= 4 is 17.6 Å². The van der Waals surface area contributed by atoms with Crippen molar-refractivity contribution in [2.75, 3.05) is 13.2 Å². The molecule has 4 fully saturated rings. The van der Waals surface area contributed by atoms with Gasteiger partial charge >= 0.3 is 5.97 Å². The second-order valence-corrected chi connectivity index (χ2v) is 10.00. The van der Waals surface area contributed by atoms with Crippen LogP contribution in [0.3, 0.4) is 0 Å². The summed E-state index contributed by atoms with van der Waals surface area (Å²) in [7, 11) is 0. The number of hydrogen-bond acceptors (Lipinski definition) is 6. The number of halogens is 1. The Morgan fingerprint density at radius 2 is 1.91 bits per heavy atom. The van der Waals surface area contributed by atoms with Gasteiger partial charge in [-0.15, -0.1) is 0 Å². The fraction of sp³-hybridized carbons (Fsp3) is 0.800. The number of rotatable bonds is 9. The maximum Gasteiger partial charge on any atom is 0.306 e. The van der Waals surface area contributed by atoms with Gasteiger partial charge in [0.25, 0.3) is 0 Å². The van der Waals surface area contributed by atoms with Crippen LogP contribution in [0, 0.1) is 11.8 Å². The lowest BCUT2D eigenvalue weighted by Crippen LogP contribution is -2.31. The summed E-state index contributed by atoms with van der Waals surface area (Å²) >= 11 is 6.02. The van der Waals surface area contributed by atoms with Crippen LogP contribution < -0.4 is 0 Å². The molecule has 0 N–H and O–H groups in total. The number of ether oxygens (including phenoxy) is 5. The second-order valence-electron chi connectivity index (χ2n) is 9.40. The highest BCUT2D eigenvalue weighted by molar-refractivity contribution is 6.29. The highest BCUT2D eigenvalue weighted by atomic mass is 35.5. The van der Waals surface area contributed by atoms with E-state index in [9.17, 15) is 4.79 Å². The minimum atomic E-state index is -0.158. The SMILES string of the molecule is C/C(Cl)=C/CC[C@@H](/C=C/[C@@H]1[C@H]2CC(=O)O[C@H]2C[C@H]1OC1CCCCO1)O[C@H]1CCCCO1. The average Bonchev–Trinajstić information content (AvgIpc) is 3.28. The average molecular weight is 469 g/mol. The molecule has 7 heteroatoms. The van der Waals surface area contributed by atoms with Crippen LogP contribution in [0.2, 0.25) is 0 Å². The first-order valence-electron chi connectivity index (χ1n) is 12.3. The van der Waals surface area contributed by atoms with E-state index in [1.54, 1.807) is 0 Å². The maximum atomic E-state index is 11.9. The van der Waals surface area contributed by atoms with Gasteiger partial charge in [0.1, 0.15) is 6.10 Å². The van der Waals surface area contributed by atoms with Gasteiger partial charge in [-0.3, -0.25) is 4.79 Å². The van der Waals surface area contributed by atoms with Gasteiger partial charge in [0.2, 0.25) is 0 Å². The van der Waals surface area contributed by atoms with Crippen molar-refractivity contribution in [2.24, 2.45) is 11.8 Å². The maximum absolute atomic E-state index is 11.9. The van der Waals surface area contributed by atoms with Gasteiger partial charge in [0, 0.05) is 36.5 Å². The van der Waals surface area contributed by atoms with Crippen molar-refractivity contribution in [2.45, 2.75) is 102 Å². The minimum absolute atomic E-state index is 0.00554. The van der Waals surface area contributed by atoms with Gasteiger partial charge in [0.05, 0.1) is 18.6 Å². The Bertz CT molecular complexity index is 663. The standard InChI is InChI=1S/C25H37ClO6/c1-17(26)7-6-8-18(30-24-9-2-4-13-28-24)11-12-19-20-15-23(27)31-22(20)16-21(19)32-25-10-3-5-14-29-25/h7,11-12,18-22,24-25H,2-6,8-10,13-16H2,1H3/b12-11+,17-7-/t18-,19+,20+,21+,22-,24-,25?/m0/s1. The molecule has 180 valence electrons. The van der Waals surface area contributed by atoms with Gasteiger partial charge in [-0.1, -0.05) is 29.8 Å². The molecule has 1 unspecified atom stereocenters. The summed E-state index contributed by atoms with van der Waals surface area (Å²) in [5, 5.41) is 0.794. The molecule has 7 atom stereocenters. The quantitative estimate of drug-likeness (QED) is 0.340. The molecule has 3 heterocycles. The van der Waals surface area contributed by atoms with E-state index in [0.717, 1.165) is 76.0 Å². The van der Waals surface area contributed by atoms with Crippen molar-refractivity contribution in [3.05, 3.63) is 23.3 Å². The molecule has 1 saturated carbocycles. The van der Waals surface area contributed by atoms with E-state index in [0.29, 0.717) is 6.42 Å². The number of allylic oxidation sites excluding steroid dienone is 2. The zero-order chi connectivity index (χ0) is 22.3. The highest BCUT2D eigenvalue weighted by Gasteiger charge is 2.50. The predicted molar refractivity (Wildman–Crippen MR) is 121 cm³/mol. The predicted octanol–water partition coefficient (Wildman–Crippen LogP) is 5.24. The molecule has 0 aromatic heterocycles. The summed E-state index contributed by atoms with van der Waals surface area (Å²) in [5.74, 6) is 0.168. The number of esters is 1. The van der Waals surface area contributed by atoms with E-state index in [-0.39, 0.29) is 48.7 Å². The molecular weight excluding hydrogens is 432 g/mol. The van der Waals surface area contributed by atoms with E-state index < -0.39 is 0 Å². The molecule has 0 radical (unpaired) electrons. The van der Waals surface area contributed by atoms with Gasteiger partial charge < -0.3 is 23.7 Å². The van der Waals surface area contributed by atoms with E-state index in [2.05, 4.69) is 12.2 Å². The van der Waals surface area contributed by atoms with Crippen molar-refractivity contribution in [1.29, 1.82) is 0 Å². The Labute approximate surface area is 196 Å². The zero-order valence-corrected chi connectivity index (χ0v) is 19.8. The molecule has 6 nitrogen and oxygen atoms in total. The van der Waals surface area contributed by atoms with Crippen molar-refractivity contribution < 1.29 is 28.5 Å². The first-order valence-corrected chi connectivity index (χ1v) is 12.7. The Morgan fingerprint density at radius 1 is 1.16 bits per heavy atom. The summed E-state index contributed by atoms with van der Waals surface area (Å²) in [6.45, 7) is 3.40. The number of carbonyl (C=O) groups excluding carboxylic acids is 1. The summed E-state index contributed by atoms with van der Waals surface area (Å²) in [6.07, 6.45) is 15.1. The molecule has 0 aromatic carbocycles. The molecular formula is C25H37ClO6. The molecule has 0 bridgehead atoms. The lowest BCUT2D eigenvalue weighted by molar-refractivity contribution is -0.194. The Morgan fingerprint density at radius 3 is 2.59 bits per heavy atom. The Kier molecular flexibility index (Phi) is 9.06. The van der Waals surface area contributed by atoms with E-state index in [1.165, 1.54) is 0 Å². The molecule has 1 aliphatic carbocycles. The van der Waals surface area contributed by atoms with Crippen LogP contribution in [-0.4, -0.2) is 50.1 Å². The van der Waals surface area contributed by atoms with Crippen LogP contribution in [0.4, 0.5) is 0 Å². The second kappa shape index (κ2) is 12.0. The van der Waals surface area contributed by atoms with Crippen molar-refractivity contribution in [3.8, 4) is 0 Å². The number of carbonyl (C=O) groups is 1. The first kappa shape index (κ1) is 24.2. The molecule has 0 amide bonds. The summed E-state index contributed by atoms with van der Waals surface area (Å²) in [4.78, 5) is 11.9. The summed E-state index contributed by atoms with van der Waals surface area (Å²) in [5.41, 5.74) is 0. The number of fused-ring (bicyclic) bond motifs is 1. The van der Waals surface area contributed by atoms with Crippen LogP contribution in [-0.2, 0) is 28.5 Å². The monoisotopic (exact) mass is 468 g/mol. The highest BCUT2D eigenvalue weighted by Crippen LogP contribution is 2.44. The van der Waals surface area contributed by atoms with Gasteiger partial charge in [-0.05, 0) is 58.3 Å².